The number of aromatic nitrogens is 2. The van der Waals surface area contributed by atoms with Crippen LogP contribution in [-0.4, -0.2) is 34.3 Å². The van der Waals surface area contributed by atoms with Crippen molar-refractivity contribution in [3.05, 3.63) is 52.5 Å². The predicted molar refractivity (Wildman–Crippen MR) is 99.1 cm³/mol. The van der Waals surface area contributed by atoms with Crippen LogP contribution in [-0.2, 0) is 0 Å². The van der Waals surface area contributed by atoms with Gasteiger partial charge < -0.3 is 20.9 Å². The zero-order chi connectivity index (χ0) is 21.1. The first-order chi connectivity index (χ1) is 13.7. The summed E-state index contributed by atoms with van der Waals surface area (Å²) in [6.07, 6.45) is -2.75. The van der Waals surface area contributed by atoms with E-state index in [1.807, 2.05) is 5.32 Å². The molecule has 8 nitrogen and oxygen atoms in total. The van der Waals surface area contributed by atoms with Crippen molar-refractivity contribution in [3.8, 4) is 0 Å². The standard InChI is InChI=1S/C17H14F3N5O3S/c1-7(14(19)20)22-16(27)10-6-11(28-25-10)12(26)13-15(21)24-17(29-13)23-9-4-2-8(18)3-5-9/h2-7,14H,21H2,1H3,(H,22,27)(H,23,24)/t7-/m1/s1. The molecular weight excluding hydrogens is 411 g/mol. The van der Waals surface area contributed by atoms with Crippen LogP contribution in [0.2, 0.25) is 0 Å². The Kier molecular flexibility index (Phi) is 5.82. The highest BCUT2D eigenvalue weighted by molar-refractivity contribution is 7.18. The number of hydrogen-bond acceptors (Lipinski definition) is 8. The van der Waals surface area contributed by atoms with Crippen molar-refractivity contribution < 1.29 is 27.3 Å². The molecule has 0 unspecified atom stereocenters. The van der Waals surface area contributed by atoms with Gasteiger partial charge in [0.1, 0.15) is 16.5 Å². The minimum Gasteiger partial charge on any atom is -0.382 e. The van der Waals surface area contributed by atoms with Gasteiger partial charge in [-0.3, -0.25) is 9.59 Å². The van der Waals surface area contributed by atoms with Gasteiger partial charge in [0.05, 0.1) is 6.04 Å². The van der Waals surface area contributed by atoms with E-state index in [0.29, 0.717) is 5.69 Å². The van der Waals surface area contributed by atoms with Crippen LogP contribution in [0.25, 0.3) is 0 Å². The second-order valence-electron chi connectivity index (χ2n) is 5.87. The van der Waals surface area contributed by atoms with Crippen molar-refractivity contribution in [2.75, 3.05) is 11.1 Å². The summed E-state index contributed by atoms with van der Waals surface area (Å²) in [6, 6.07) is 5.10. The van der Waals surface area contributed by atoms with Crippen molar-refractivity contribution in [1.29, 1.82) is 0 Å². The number of hydrogen-bond donors (Lipinski definition) is 3. The first-order valence-electron chi connectivity index (χ1n) is 8.14. The largest absolute Gasteiger partial charge is 0.382 e. The Labute approximate surface area is 165 Å². The van der Waals surface area contributed by atoms with Crippen molar-refractivity contribution in [2.24, 2.45) is 0 Å². The lowest BCUT2D eigenvalue weighted by Crippen LogP contribution is -2.37. The van der Waals surface area contributed by atoms with Crippen LogP contribution in [0.4, 0.5) is 29.8 Å². The third-order valence-corrected chi connectivity index (χ3v) is 4.64. The van der Waals surface area contributed by atoms with Gasteiger partial charge in [-0.25, -0.2) is 18.2 Å². The minimum atomic E-state index is -2.75. The van der Waals surface area contributed by atoms with E-state index in [-0.39, 0.29) is 27.3 Å². The van der Waals surface area contributed by atoms with Crippen LogP contribution >= 0.6 is 11.3 Å². The quantitative estimate of drug-likeness (QED) is 0.497. The molecule has 0 spiro atoms. The molecule has 12 heteroatoms. The summed E-state index contributed by atoms with van der Waals surface area (Å²) in [5.41, 5.74) is 5.98. The molecule has 0 aliphatic rings. The van der Waals surface area contributed by atoms with Crippen LogP contribution in [0.1, 0.15) is 32.8 Å². The lowest BCUT2D eigenvalue weighted by molar-refractivity contribution is 0.0772. The van der Waals surface area contributed by atoms with Gasteiger partial charge in [-0.1, -0.05) is 16.5 Å². The van der Waals surface area contributed by atoms with Crippen molar-refractivity contribution in [1.82, 2.24) is 15.5 Å². The van der Waals surface area contributed by atoms with Gasteiger partial charge in [0.25, 0.3) is 12.3 Å². The number of nitrogen functional groups attached to an aromatic ring is 1. The Balaban J connectivity index is 1.74. The minimum absolute atomic E-state index is 0.0265. The van der Waals surface area contributed by atoms with Crippen LogP contribution in [0, 0.1) is 5.82 Å². The number of rotatable bonds is 7. The van der Waals surface area contributed by atoms with Crippen molar-refractivity contribution in [3.63, 3.8) is 0 Å². The van der Waals surface area contributed by atoms with E-state index < -0.39 is 30.0 Å². The van der Waals surface area contributed by atoms with E-state index in [4.69, 9.17) is 10.3 Å². The van der Waals surface area contributed by atoms with Crippen LogP contribution in [0.15, 0.2) is 34.9 Å². The van der Waals surface area contributed by atoms with E-state index in [9.17, 15) is 22.8 Å². The SMILES string of the molecule is C[C@@H](NC(=O)c1cc(C(=O)c2sc(Nc3ccc(F)cc3)nc2N)on1)C(F)F. The number of benzene rings is 1. The lowest BCUT2D eigenvalue weighted by atomic mass is 10.2. The molecule has 1 amide bonds. The summed E-state index contributed by atoms with van der Waals surface area (Å²) in [4.78, 5) is 28.5. The van der Waals surface area contributed by atoms with Crippen molar-refractivity contribution in [2.45, 2.75) is 19.4 Å². The van der Waals surface area contributed by atoms with E-state index in [1.54, 1.807) is 0 Å². The summed E-state index contributed by atoms with van der Waals surface area (Å²) in [7, 11) is 0. The van der Waals surface area contributed by atoms with Gasteiger partial charge in [-0.05, 0) is 31.2 Å². The number of ketones is 1. The van der Waals surface area contributed by atoms with Crippen LogP contribution in [0.5, 0.6) is 0 Å². The highest BCUT2D eigenvalue weighted by Crippen LogP contribution is 2.30. The molecule has 1 aromatic carbocycles. The molecule has 2 heterocycles. The molecule has 0 saturated carbocycles. The summed E-state index contributed by atoms with van der Waals surface area (Å²) >= 11 is 0.916. The number of nitrogens with one attached hydrogen (secondary N) is 2. The number of carbonyl (C=O) groups is 2. The monoisotopic (exact) mass is 425 g/mol. The Hall–Kier alpha value is -3.41. The Morgan fingerprint density at radius 2 is 1.93 bits per heavy atom. The van der Waals surface area contributed by atoms with Gasteiger partial charge in [0, 0.05) is 11.8 Å². The first kappa shape index (κ1) is 20.3. The smallest absolute Gasteiger partial charge is 0.273 e. The summed E-state index contributed by atoms with van der Waals surface area (Å²) in [5.74, 6) is -2.38. The van der Waals surface area contributed by atoms with E-state index >= 15 is 0 Å². The highest BCUT2D eigenvalue weighted by Gasteiger charge is 2.25. The number of nitrogens with two attached hydrogens (primary N) is 1. The molecule has 152 valence electrons. The molecule has 0 fully saturated rings. The summed E-state index contributed by atoms with van der Waals surface area (Å²) < 4.78 is 42.9. The second-order valence-corrected chi connectivity index (χ2v) is 6.87. The summed E-state index contributed by atoms with van der Waals surface area (Å²) in [6.45, 7) is 1.13. The van der Waals surface area contributed by atoms with Crippen LogP contribution in [0.3, 0.4) is 0 Å². The normalized spacial score (nSPS) is 12.0. The van der Waals surface area contributed by atoms with Gasteiger partial charge in [-0.15, -0.1) is 0 Å². The molecular formula is C17H14F3N5O3S. The summed E-state index contributed by atoms with van der Waals surface area (Å²) in [5, 5.41) is 8.63. The second kappa shape index (κ2) is 8.31. The maximum Gasteiger partial charge on any atom is 0.273 e. The molecule has 3 aromatic rings. The predicted octanol–water partition coefficient (Wildman–Crippen LogP) is 3.21. The number of halogens is 3. The molecule has 29 heavy (non-hydrogen) atoms. The number of anilines is 3. The Morgan fingerprint density at radius 1 is 1.24 bits per heavy atom. The van der Waals surface area contributed by atoms with E-state index in [1.165, 1.54) is 24.3 Å². The number of alkyl halides is 2. The molecule has 0 bridgehead atoms. The lowest BCUT2D eigenvalue weighted by Gasteiger charge is -2.10. The van der Waals surface area contributed by atoms with Gasteiger partial charge >= 0.3 is 0 Å². The molecule has 0 aliphatic carbocycles. The fourth-order valence-corrected chi connectivity index (χ4v) is 3.00. The number of amides is 1. The van der Waals surface area contributed by atoms with Gasteiger partial charge in [-0.2, -0.15) is 0 Å². The number of carbonyl (C=O) groups excluding carboxylic acids is 2. The zero-order valence-electron chi connectivity index (χ0n) is 14.8. The molecule has 3 rings (SSSR count). The molecule has 1 atom stereocenters. The highest BCUT2D eigenvalue weighted by atomic mass is 32.1. The molecule has 4 N–H and O–H groups in total. The molecule has 0 saturated heterocycles. The van der Waals surface area contributed by atoms with Gasteiger partial charge in [0.15, 0.2) is 10.8 Å². The zero-order valence-corrected chi connectivity index (χ0v) is 15.6. The number of thiazole rings is 1. The van der Waals surface area contributed by atoms with E-state index in [2.05, 4.69) is 15.5 Å². The average molecular weight is 425 g/mol. The molecule has 2 aromatic heterocycles. The van der Waals surface area contributed by atoms with Crippen LogP contribution < -0.4 is 16.4 Å². The fraction of sp³-hybridized carbons (Fsp3) is 0.176. The maximum absolute atomic E-state index is 13.0. The Morgan fingerprint density at radius 3 is 2.59 bits per heavy atom. The topological polar surface area (TPSA) is 123 Å². The Bertz CT molecular complexity index is 1040. The third-order valence-electron chi connectivity index (χ3n) is 3.66. The van der Waals surface area contributed by atoms with Crippen molar-refractivity contribution >= 4 is 39.7 Å². The first-order valence-corrected chi connectivity index (χ1v) is 8.95. The average Bonchev–Trinajstić information content (AvgIpc) is 3.30. The number of nitrogens with zero attached hydrogens (tertiary/aromatic N) is 2. The maximum atomic E-state index is 13.0. The molecule has 0 aliphatic heterocycles. The third kappa shape index (κ3) is 4.71. The molecule has 0 radical (unpaired) electrons. The van der Waals surface area contributed by atoms with Gasteiger partial charge in [0.2, 0.25) is 11.5 Å². The fourth-order valence-electron chi connectivity index (χ4n) is 2.15. The van der Waals surface area contributed by atoms with E-state index in [0.717, 1.165) is 24.3 Å².